The minimum atomic E-state index is 0.684. The fourth-order valence-corrected chi connectivity index (χ4v) is 2.44. The first-order valence-corrected chi connectivity index (χ1v) is 6.11. The molecule has 3 heteroatoms. The zero-order chi connectivity index (χ0) is 9.10. The number of alkyl halides is 1. The smallest absolute Gasteiger partial charge is 0.0522 e. The van der Waals surface area contributed by atoms with Gasteiger partial charge in [0.2, 0.25) is 0 Å². The van der Waals surface area contributed by atoms with Gasteiger partial charge in [-0.3, -0.25) is 4.68 Å². The van der Waals surface area contributed by atoms with Crippen LogP contribution in [0.3, 0.4) is 0 Å². The second-order valence-electron chi connectivity index (χ2n) is 3.71. The Morgan fingerprint density at radius 3 is 2.92 bits per heavy atom. The third kappa shape index (κ3) is 2.13. The van der Waals surface area contributed by atoms with E-state index in [4.69, 9.17) is 0 Å². The van der Waals surface area contributed by atoms with Crippen LogP contribution < -0.4 is 0 Å². The molecule has 0 amide bonds. The van der Waals surface area contributed by atoms with E-state index in [9.17, 15) is 0 Å². The quantitative estimate of drug-likeness (QED) is 0.746. The molecule has 2 nitrogen and oxygen atoms in total. The van der Waals surface area contributed by atoms with Gasteiger partial charge in [0.25, 0.3) is 0 Å². The van der Waals surface area contributed by atoms with E-state index in [2.05, 4.69) is 31.9 Å². The van der Waals surface area contributed by atoms with Gasteiger partial charge >= 0.3 is 0 Å². The van der Waals surface area contributed by atoms with E-state index in [0.29, 0.717) is 6.04 Å². The normalized spacial score (nSPS) is 18.2. The van der Waals surface area contributed by atoms with Gasteiger partial charge in [-0.25, -0.2) is 0 Å². The maximum absolute atomic E-state index is 4.41. The molecule has 0 radical (unpaired) electrons. The van der Waals surface area contributed by atoms with Gasteiger partial charge in [0.15, 0.2) is 0 Å². The van der Waals surface area contributed by atoms with Crippen LogP contribution in [0.1, 0.15) is 37.3 Å². The topological polar surface area (TPSA) is 17.8 Å². The number of aryl methyl sites for hydroxylation is 1. The molecule has 1 aromatic heterocycles. The summed E-state index contributed by atoms with van der Waals surface area (Å²) in [6.45, 7) is 0. The lowest BCUT2D eigenvalue weighted by Gasteiger charge is -2.08. The molecule has 1 aliphatic carbocycles. The number of hydrogen-bond donors (Lipinski definition) is 0. The molecule has 0 atom stereocenters. The minimum Gasteiger partial charge on any atom is -0.269 e. The first kappa shape index (κ1) is 9.25. The Kier molecular flexibility index (Phi) is 3.04. The van der Waals surface area contributed by atoms with Crippen molar-refractivity contribution < 1.29 is 0 Å². The first-order valence-electron chi connectivity index (χ1n) is 4.99. The van der Waals surface area contributed by atoms with Crippen molar-refractivity contribution >= 4 is 15.9 Å². The SMILES string of the molecule is BrCCc1cnn(C2CCCC2)c1. The van der Waals surface area contributed by atoms with E-state index >= 15 is 0 Å². The summed E-state index contributed by atoms with van der Waals surface area (Å²) in [5.41, 5.74) is 1.35. The molecule has 0 aromatic carbocycles. The summed E-state index contributed by atoms with van der Waals surface area (Å²) < 4.78 is 2.16. The Hall–Kier alpha value is -0.310. The highest BCUT2D eigenvalue weighted by Crippen LogP contribution is 2.28. The van der Waals surface area contributed by atoms with Crippen LogP contribution in [-0.2, 0) is 6.42 Å². The van der Waals surface area contributed by atoms with Gasteiger partial charge in [0.1, 0.15) is 0 Å². The number of rotatable bonds is 3. The molecule has 2 rings (SSSR count). The molecule has 1 aromatic rings. The van der Waals surface area contributed by atoms with Gasteiger partial charge in [-0.2, -0.15) is 5.10 Å². The molecule has 0 saturated heterocycles. The van der Waals surface area contributed by atoms with E-state index in [-0.39, 0.29) is 0 Å². The second kappa shape index (κ2) is 4.27. The van der Waals surface area contributed by atoms with Crippen molar-refractivity contribution in [3.63, 3.8) is 0 Å². The fraction of sp³-hybridized carbons (Fsp3) is 0.700. The van der Waals surface area contributed by atoms with E-state index < -0.39 is 0 Å². The van der Waals surface area contributed by atoms with Crippen LogP contribution in [0.25, 0.3) is 0 Å². The Morgan fingerprint density at radius 1 is 1.46 bits per heavy atom. The summed E-state index contributed by atoms with van der Waals surface area (Å²) in [6.07, 6.45) is 10.7. The summed E-state index contributed by atoms with van der Waals surface area (Å²) in [5, 5.41) is 5.44. The van der Waals surface area contributed by atoms with Gasteiger partial charge in [0.05, 0.1) is 12.2 Å². The molecule has 1 saturated carbocycles. The number of hydrogen-bond acceptors (Lipinski definition) is 1. The van der Waals surface area contributed by atoms with E-state index in [0.717, 1.165) is 11.8 Å². The average Bonchev–Trinajstić information content (AvgIpc) is 2.70. The van der Waals surface area contributed by atoms with Crippen LogP contribution in [0.5, 0.6) is 0 Å². The molecule has 0 N–H and O–H groups in total. The van der Waals surface area contributed by atoms with Crippen LogP contribution >= 0.6 is 15.9 Å². The van der Waals surface area contributed by atoms with Gasteiger partial charge in [-0.05, 0) is 24.8 Å². The first-order chi connectivity index (χ1) is 6.40. The summed E-state index contributed by atoms with van der Waals surface area (Å²) in [5.74, 6) is 0. The molecular weight excluding hydrogens is 228 g/mol. The number of halogens is 1. The number of nitrogens with zero attached hydrogens (tertiary/aromatic N) is 2. The van der Waals surface area contributed by atoms with Crippen molar-refractivity contribution in [1.82, 2.24) is 9.78 Å². The van der Waals surface area contributed by atoms with Crippen molar-refractivity contribution in [2.75, 3.05) is 5.33 Å². The Labute approximate surface area is 87.5 Å². The lowest BCUT2D eigenvalue weighted by atomic mass is 10.2. The van der Waals surface area contributed by atoms with Gasteiger partial charge < -0.3 is 0 Å². The van der Waals surface area contributed by atoms with E-state index in [1.54, 1.807) is 0 Å². The summed E-state index contributed by atoms with van der Waals surface area (Å²) in [4.78, 5) is 0. The highest BCUT2D eigenvalue weighted by Gasteiger charge is 2.17. The lowest BCUT2D eigenvalue weighted by molar-refractivity contribution is 0.466. The van der Waals surface area contributed by atoms with Crippen LogP contribution in [0.4, 0.5) is 0 Å². The van der Waals surface area contributed by atoms with Crippen molar-refractivity contribution in [1.29, 1.82) is 0 Å². The van der Waals surface area contributed by atoms with Crippen molar-refractivity contribution in [2.24, 2.45) is 0 Å². The summed E-state index contributed by atoms with van der Waals surface area (Å²) >= 11 is 3.44. The van der Waals surface area contributed by atoms with Crippen molar-refractivity contribution in [3.8, 4) is 0 Å². The van der Waals surface area contributed by atoms with Gasteiger partial charge in [-0.1, -0.05) is 28.8 Å². The van der Waals surface area contributed by atoms with Crippen molar-refractivity contribution in [3.05, 3.63) is 18.0 Å². The predicted octanol–water partition coefficient (Wildman–Crippen LogP) is 2.94. The zero-order valence-electron chi connectivity index (χ0n) is 7.75. The summed E-state index contributed by atoms with van der Waals surface area (Å²) in [7, 11) is 0. The van der Waals surface area contributed by atoms with Crippen LogP contribution in [0, 0.1) is 0 Å². The minimum absolute atomic E-state index is 0.684. The molecule has 13 heavy (non-hydrogen) atoms. The molecule has 1 aliphatic rings. The maximum atomic E-state index is 4.41. The molecular formula is C10H15BrN2. The lowest BCUT2D eigenvalue weighted by Crippen LogP contribution is -2.04. The average molecular weight is 243 g/mol. The molecule has 1 fully saturated rings. The van der Waals surface area contributed by atoms with E-state index in [1.165, 1.54) is 31.2 Å². The molecule has 1 heterocycles. The maximum Gasteiger partial charge on any atom is 0.0522 e. The van der Waals surface area contributed by atoms with Crippen LogP contribution in [0.2, 0.25) is 0 Å². The third-order valence-electron chi connectivity index (χ3n) is 2.74. The Bertz CT molecular complexity index is 264. The zero-order valence-corrected chi connectivity index (χ0v) is 9.33. The Morgan fingerprint density at radius 2 is 2.23 bits per heavy atom. The van der Waals surface area contributed by atoms with Crippen LogP contribution in [-0.4, -0.2) is 15.1 Å². The van der Waals surface area contributed by atoms with Gasteiger partial charge in [-0.15, -0.1) is 0 Å². The van der Waals surface area contributed by atoms with E-state index in [1.807, 2.05) is 6.20 Å². The Balaban J connectivity index is 2.03. The molecule has 72 valence electrons. The largest absolute Gasteiger partial charge is 0.269 e. The fourth-order valence-electron chi connectivity index (χ4n) is 1.98. The highest BCUT2D eigenvalue weighted by atomic mass is 79.9. The van der Waals surface area contributed by atoms with Crippen molar-refractivity contribution in [2.45, 2.75) is 38.1 Å². The van der Waals surface area contributed by atoms with Gasteiger partial charge in [0, 0.05) is 11.5 Å². The third-order valence-corrected chi connectivity index (χ3v) is 3.13. The predicted molar refractivity (Wildman–Crippen MR) is 57.2 cm³/mol. The molecule has 0 bridgehead atoms. The molecule has 0 unspecified atom stereocenters. The second-order valence-corrected chi connectivity index (χ2v) is 4.50. The monoisotopic (exact) mass is 242 g/mol. The standard InChI is InChI=1S/C10H15BrN2/c11-6-5-9-7-12-13(8-9)10-3-1-2-4-10/h7-8,10H,1-6H2. The highest BCUT2D eigenvalue weighted by molar-refractivity contribution is 9.09. The molecule has 0 aliphatic heterocycles. The molecule has 0 spiro atoms. The number of aromatic nitrogens is 2. The summed E-state index contributed by atoms with van der Waals surface area (Å²) in [6, 6.07) is 0.684. The van der Waals surface area contributed by atoms with Crippen LogP contribution in [0.15, 0.2) is 12.4 Å².